The number of benzene rings is 1. The third kappa shape index (κ3) is 5.49. The number of pyridine rings is 1. The molecule has 3 rings (SSSR count). The number of thioether (sulfide) groups is 1. The zero-order chi connectivity index (χ0) is 20.6. The standard InChI is InChI=1S/C20H21N5O3S/c1-14(26)16-4-3-5-17(12-16)22-18(27)13-29-20-24-23-19(25(20)10-11-28-2)15-6-8-21-9-7-15/h3-9,12H,10-11,13H2,1-2H3,(H,22,27). The number of carbonyl (C=O) groups is 2. The number of Topliss-reactive ketones (excluding diaryl/α,β-unsaturated/α-hetero) is 1. The van der Waals surface area contributed by atoms with Crippen LogP contribution in [0.1, 0.15) is 17.3 Å². The van der Waals surface area contributed by atoms with E-state index in [-0.39, 0.29) is 17.4 Å². The fourth-order valence-electron chi connectivity index (χ4n) is 2.64. The SMILES string of the molecule is COCCn1c(SCC(=O)Nc2cccc(C(C)=O)c2)nnc1-c1ccncc1. The summed E-state index contributed by atoms with van der Waals surface area (Å²) in [4.78, 5) is 27.9. The molecule has 29 heavy (non-hydrogen) atoms. The van der Waals surface area contributed by atoms with Crippen molar-refractivity contribution in [2.24, 2.45) is 0 Å². The maximum Gasteiger partial charge on any atom is 0.234 e. The normalized spacial score (nSPS) is 10.7. The van der Waals surface area contributed by atoms with Gasteiger partial charge >= 0.3 is 0 Å². The molecule has 1 amide bonds. The number of nitrogens with one attached hydrogen (secondary N) is 1. The number of nitrogens with zero attached hydrogens (tertiary/aromatic N) is 4. The van der Waals surface area contributed by atoms with Gasteiger partial charge in [-0.3, -0.25) is 19.1 Å². The topological polar surface area (TPSA) is 99.0 Å². The molecule has 2 heterocycles. The maximum absolute atomic E-state index is 12.4. The van der Waals surface area contributed by atoms with Crippen LogP contribution in [0.3, 0.4) is 0 Å². The van der Waals surface area contributed by atoms with Crippen molar-refractivity contribution < 1.29 is 14.3 Å². The molecule has 0 aliphatic rings. The predicted molar refractivity (Wildman–Crippen MR) is 111 cm³/mol. The molecule has 2 aromatic heterocycles. The lowest BCUT2D eigenvalue weighted by molar-refractivity contribution is -0.113. The first kappa shape index (κ1) is 20.7. The van der Waals surface area contributed by atoms with E-state index in [0.717, 1.165) is 5.56 Å². The van der Waals surface area contributed by atoms with Crippen molar-refractivity contribution in [1.82, 2.24) is 19.7 Å². The number of hydrogen-bond acceptors (Lipinski definition) is 7. The summed E-state index contributed by atoms with van der Waals surface area (Å²) >= 11 is 1.29. The Hall–Kier alpha value is -3.04. The molecule has 1 aromatic carbocycles. The van der Waals surface area contributed by atoms with Crippen molar-refractivity contribution in [2.45, 2.75) is 18.6 Å². The molecule has 9 heteroatoms. The number of ketones is 1. The van der Waals surface area contributed by atoms with E-state index in [9.17, 15) is 9.59 Å². The van der Waals surface area contributed by atoms with E-state index in [0.29, 0.717) is 35.4 Å². The molecular weight excluding hydrogens is 390 g/mol. The Bertz CT molecular complexity index is 991. The summed E-state index contributed by atoms with van der Waals surface area (Å²) in [7, 11) is 1.63. The van der Waals surface area contributed by atoms with Crippen LogP contribution in [0.15, 0.2) is 53.9 Å². The lowest BCUT2D eigenvalue weighted by atomic mass is 10.1. The molecule has 0 bridgehead atoms. The summed E-state index contributed by atoms with van der Waals surface area (Å²) in [5.74, 6) is 0.612. The van der Waals surface area contributed by atoms with Gasteiger partial charge in [0.15, 0.2) is 16.8 Å². The number of carbonyl (C=O) groups excluding carboxylic acids is 2. The highest BCUT2D eigenvalue weighted by atomic mass is 32.2. The van der Waals surface area contributed by atoms with Crippen LogP contribution in [-0.4, -0.2) is 50.9 Å². The second-order valence-corrected chi connectivity index (χ2v) is 7.10. The van der Waals surface area contributed by atoms with Gasteiger partial charge in [0, 0.05) is 36.3 Å². The molecule has 1 N–H and O–H groups in total. The van der Waals surface area contributed by atoms with Crippen LogP contribution in [0.5, 0.6) is 0 Å². The van der Waals surface area contributed by atoms with Crippen molar-refractivity contribution in [2.75, 3.05) is 24.8 Å². The summed E-state index contributed by atoms with van der Waals surface area (Å²) in [6, 6.07) is 10.6. The Morgan fingerprint density at radius 3 is 2.69 bits per heavy atom. The molecule has 0 atom stereocenters. The number of rotatable bonds is 9. The maximum atomic E-state index is 12.4. The third-order valence-corrected chi connectivity index (χ3v) is 5.03. The van der Waals surface area contributed by atoms with Gasteiger partial charge in [0.05, 0.1) is 18.9 Å². The zero-order valence-electron chi connectivity index (χ0n) is 16.2. The summed E-state index contributed by atoms with van der Waals surface area (Å²) in [6.07, 6.45) is 3.39. The van der Waals surface area contributed by atoms with Crippen LogP contribution in [0.4, 0.5) is 5.69 Å². The van der Waals surface area contributed by atoms with E-state index in [1.165, 1.54) is 18.7 Å². The number of aromatic nitrogens is 4. The number of amides is 1. The largest absolute Gasteiger partial charge is 0.383 e. The van der Waals surface area contributed by atoms with Gasteiger partial charge in [-0.15, -0.1) is 10.2 Å². The number of ether oxygens (including phenoxy) is 1. The van der Waals surface area contributed by atoms with E-state index in [4.69, 9.17) is 4.74 Å². The van der Waals surface area contributed by atoms with Crippen LogP contribution in [0.2, 0.25) is 0 Å². The molecule has 8 nitrogen and oxygen atoms in total. The fraction of sp³-hybridized carbons (Fsp3) is 0.250. The second-order valence-electron chi connectivity index (χ2n) is 6.16. The quantitative estimate of drug-likeness (QED) is 0.427. The summed E-state index contributed by atoms with van der Waals surface area (Å²) in [5.41, 5.74) is 2.03. The molecule has 0 spiro atoms. The third-order valence-electron chi connectivity index (χ3n) is 4.06. The average Bonchev–Trinajstić information content (AvgIpc) is 3.14. The summed E-state index contributed by atoms with van der Waals surface area (Å²) in [6.45, 7) is 2.55. The van der Waals surface area contributed by atoms with Gasteiger partial charge in [0.2, 0.25) is 5.91 Å². The van der Waals surface area contributed by atoms with Crippen LogP contribution >= 0.6 is 11.8 Å². The molecular formula is C20H21N5O3S. The minimum Gasteiger partial charge on any atom is -0.383 e. The highest BCUT2D eigenvalue weighted by Gasteiger charge is 2.16. The highest BCUT2D eigenvalue weighted by Crippen LogP contribution is 2.24. The minimum absolute atomic E-state index is 0.0506. The zero-order valence-corrected chi connectivity index (χ0v) is 17.0. The van der Waals surface area contributed by atoms with Gasteiger partial charge in [-0.05, 0) is 31.2 Å². The summed E-state index contributed by atoms with van der Waals surface area (Å²) in [5, 5.41) is 11.9. The van der Waals surface area contributed by atoms with E-state index >= 15 is 0 Å². The van der Waals surface area contributed by atoms with Crippen LogP contribution in [0, 0.1) is 0 Å². The van der Waals surface area contributed by atoms with Crippen molar-refractivity contribution in [1.29, 1.82) is 0 Å². The molecule has 0 aliphatic carbocycles. The van der Waals surface area contributed by atoms with E-state index in [1.807, 2.05) is 16.7 Å². The number of methoxy groups -OCH3 is 1. The van der Waals surface area contributed by atoms with E-state index in [2.05, 4.69) is 20.5 Å². The Balaban J connectivity index is 1.69. The molecule has 3 aromatic rings. The fourth-order valence-corrected chi connectivity index (χ4v) is 3.40. The van der Waals surface area contributed by atoms with Crippen molar-refractivity contribution >= 4 is 29.1 Å². The van der Waals surface area contributed by atoms with Gasteiger partial charge in [-0.25, -0.2) is 0 Å². The minimum atomic E-state index is -0.192. The average molecular weight is 411 g/mol. The molecule has 0 saturated carbocycles. The second kappa shape index (κ2) is 9.94. The van der Waals surface area contributed by atoms with Crippen molar-refractivity contribution in [3.63, 3.8) is 0 Å². The lowest BCUT2D eigenvalue weighted by Crippen LogP contribution is -2.15. The highest BCUT2D eigenvalue weighted by molar-refractivity contribution is 7.99. The summed E-state index contributed by atoms with van der Waals surface area (Å²) < 4.78 is 7.12. The molecule has 150 valence electrons. The molecule has 0 saturated heterocycles. The smallest absolute Gasteiger partial charge is 0.234 e. The van der Waals surface area contributed by atoms with Gasteiger partial charge in [0.1, 0.15) is 0 Å². The first-order valence-corrected chi connectivity index (χ1v) is 9.93. The Morgan fingerprint density at radius 1 is 1.17 bits per heavy atom. The first-order valence-electron chi connectivity index (χ1n) is 8.94. The Labute approximate surface area is 172 Å². The Kier molecular flexibility index (Phi) is 7.09. The van der Waals surface area contributed by atoms with Crippen LogP contribution in [-0.2, 0) is 16.1 Å². The first-order chi connectivity index (χ1) is 14.1. The van der Waals surface area contributed by atoms with E-state index < -0.39 is 0 Å². The Morgan fingerprint density at radius 2 is 1.97 bits per heavy atom. The van der Waals surface area contributed by atoms with Gasteiger partial charge < -0.3 is 10.1 Å². The lowest BCUT2D eigenvalue weighted by Gasteiger charge is -2.10. The van der Waals surface area contributed by atoms with Crippen molar-refractivity contribution in [3.05, 3.63) is 54.4 Å². The van der Waals surface area contributed by atoms with Crippen LogP contribution < -0.4 is 5.32 Å². The molecule has 0 aliphatic heterocycles. The van der Waals surface area contributed by atoms with E-state index in [1.54, 1.807) is 43.8 Å². The predicted octanol–water partition coefficient (Wildman–Crippen LogP) is 2.92. The molecule has 0 unspecified atom stereocenters. The number of anilines is 1. The van der Waals surface area contributed by atoms with Crippen molar-refractivity contribution in [3.8, 4) is 11.4 Å². The van der Waals surface area contributed by atoms with Crippen LogP contribution in [0.25, 0.3) is 11.4 Å². The van der Waals surface area contributed by atoms with Gasteiger partial charge in [-0.1, -0.05) is 23.9 Å². The monoisotopic (exact) mass is 411 g/mol. The molecule has 0 fully saturated rings. The number of hydrogen-bond donors (Lipinski definition) is 1. The van der Waals surface area contributed by atoms with Gasteiger partial charge in [0.25, 0.3) is 0 Å². The molecule has 0 radical (unpaired) electrons. The van der Waals surface area contributed by atoms with Gasteiger partial charge in [-0.2, -0.15) is 0 Å².